The lowest BCUT2D eigenvalue weighted by Gasteiger charge is -2.08. The van der Waals surface area contributed by atoms with Crippen molar-refractivity contribution in [2.45, 2.75) is 0 Å². The highest BCUT2D eigenvalue weighted by atomic mass is 79.9. The number of hydrogen-bond donors (Lipinski definition) is 2. The van der Waals surface area contributed by atoms with Crippen molar-refractivity contribution >= 4 is 45.8 Å². The van der Waals surface area contributed by atoms with Crippen LogP contribution in [0.25, 0.3) is 0 Å². The molecule has 0 atom stereocenters. The first-order chi connectivity index (χ1) is 8.66. The Morgan fingerprint density at radius 2 is 2.11 bits per heavy atom. The van der Waals surface area contributed by atoms with Gasteiger partial charge in [0.2, 0.25) is 0 Å². The summed E-state index contributed by atoms with van der Waals surface area (Å²) in [5.74, 6) is -0.171. The molecule has 0 spiro atoms. The number of halogens is 3. The highest BCUT2D eigenvalue weighted by molar-refractivity contribution is 9.10. The molecule has 0 aliphatic rings. The van der Waals surface area contributed by atoms with Crippen molar-refractivity contribution < 1.29 is 9.53 Å². The summed E-state index contributed by atoms with van der Waals surface area (Å²) in [7, 11) is 1.65. The van der Waals surface area contributed by atoms with Gasteiger partial charge in [-0.05, 0) is 28.1 Å². The zero-order valence-corrected chi connectivity index (χ0v) is 13.7. The van der Waals surface area contributed by atoms with Crippen LogP contribution < -0.4 is 10.6 Å². The minimum atomic E-state index is -0.171. The molecule has 4 nitrogen and oxygen atoms in total. The Morgan fingerprint density at radius 3 is 2.79 bits per heavy atom. The van der Waals surface area contributed by atoms with Crippen LogP contribution in [-0.4, -0.2) is 39.3 Å². The van der Waals surface area contributed by atoms with E-state index >= 15 is 0 Å². The molecule has 0 aliphatic carbocycles. The van der Waals surface area contributed by atoms with E-state index in [0.29, 0.717) is 30.3 Å². The Hall–Kier alpha value is -0.330. The van der Waals surface area contributed by atoms with Gasteiger partial charge in [-0.2, -0.15) is 0 Å². The van der Waals surface area contributed by atoms with E-state index in [-0.39, 0.29) is 18.3 Å². The molecule has 108 valence electrons. The van der Waals surface area contributed by atoms with E-state index in [1.807, 2.05) is 0 Å². The van der Waals surface area contributed by atoms with Gasteiger partial charge < -0.3 is 15.4 Å². The Bertz CT molecular complexity index is 405. The van der Waals surface area contributed by atoms with Crippen LogP contribution >= 0.6 is 39.9 Å². The average Bonchev–Trinajstić information content (AvgIpc) is 2.36. The van der Waals surface area contributed by atoms with Gasteiger partial charge in [-0.15, -0.1) is 12.4 Å². The summed E-state index contributed by atoms with van der Waals surface area (Å²) in [6.07, 6.45) is 0. The molecule has 19 heavy (non-hydrogen) atoms. The Kier molecular flexibility index (Phi) is 10.3. The van der Waals surface area contributed by atoms with Crippen LogP contribution in [0.15, 0.2) is 22.7 Å². The van der Waals surface area contributed by atoms with Crippen LogP contribution in [-0.2, 0) is 4.74 Å². The molecule has 1 rings (SSSR count). The number of amides is 1. The zero-order valence-electron chi connectivity index (χ0n) is 10.5. The van der Waals surface area contributed by atoms with Crippen molar-refractivity contribution in [2.24, 2.45) is 0 Å². The van der Waals surface area contributed by atoms with E-state index in [1.54, 1.807) is 25.3 Å². The molecule has 0 radical (unpaired) electrons. The van der Waals surface area contributed by atoms with Gasteiger partial charge in [0.15, 0.2) is 0 Å². The summed E-state index contributed by atoms with van der Waals surface area (Å²) in [5.41, 5.74) is 0.475. The lowest BCUT2D eigenvalue weighted by Crippen LogP contribution is -2.33. The highest BCUT2D eigenvalue weighted by Gasteiger charge is 2.11. The molecule has 0 aliphatic heterocycles. The summed E-state index contributed by atoms with van der Waals surface area (Å²) in [5, 5.41) is 6.37. The number of hydrogen-bond acceptors (Lipinski definition) is 3. The zero-order chi connectivity index (χ0) is 13.4. The fraction of sp³-hybridized carbons (Fsp3) is 0.417. The van der Waals surface area contributed by atoms with Crippen LogP contribution in [0.5, 0.6) is 0 Å². The van der Waals surface area contributed by atoms with Crippen molar-refractivity contribution in [3.8, 4) is 0 Å². The van der Waals surface area contributed by atoms with E-state index in [2.05, 4.69) is 26.6 Å². The minimum Gasteiger partial charge on any atom is -0.383 e. The molecule has 0 aromatic heterocycles. The quantitative estimate of drug-likeness (QED) is 0.724. The number of carbonyl (C=O) groups excluding carboxylic acids is 1. The molecule has 2 N–H and O–H groups in total. The normalized spacial score (nSPS) is 9.84. The number of nitrogens with one attached hydrogen (secondary N) is 2. The van der Waals surface area contributed by atoms with Crippen LogP contribution in [0.1, 0.15) is 10.4 Å². The van der Waals surface area contributed by atoms with Crippen molar-refractivity contribution in [1.29, 1.82) is 0 Å². The third kappa shape index (κ3) is 6.58. The van der Waals surface area contributed by atoms with Gasteiger partial charge in [0, 0.05) is 31.2 Å². The van der Waals surface area contributed by atoms with Crippen molar-refractivity contribution in [2.75, 3.05) is 33.4 Å². The molecule has 1 amide bonds. The molecule has 1 aromatic rings. The van der Waals surface area contributed by atoms with Crippen molar-refractivity contribution in [3.63, 3.8) is 0 Å². The van der Waals surface area contributed by atoms with Gasteiger partial charge in [-0.3, -0.25) is 4.79 Å². The van der Waals surface area contributed by atoms with E-state index in [4.69, 9.17) is 16.3 Å². The number of rotatable bonds is 7. The molecule has 1 aromatic carbocycles. The molecule has 0 saturated heterocycles. The van der Waals surface area contributed by atoms with E-state index in [0.717, 1.165) is 11.0 Å². The fourth-order valence-electron chi connectivity index (χ4n) is 1.34. The second-order valence-electron chi connectivity index (χ2n) is 3.60. The Morgan fingerprint density at radius 1 is 1.37 bits per heavy atom. The maximum Gasteiger partial charge on any atom is 0.252 e. The van der Waals surface area contributed by atoms with Crippen LogP contribution in [0.3, 0.4) is 0 Å². The molecule has 0 saturated carbocycles. The van der Waals surface area contributed by atoms with Gasteiger partial charge in [0.1, 0.15) is 0 Å². The van der Waals surface area contributed by atoms with E-state index < -0.39 is 0 Å². The Labute approximate surface area is 132 Å². The van der Waals surface area contributed by atoms with Gasteiger partial charge in [0.25, 0.3) is 5.91 Å². The van der Waals surface area contributed by atoms with Gasteiger partial charge in [0.05, 0.1) is 17.2 Å². The van der Waals surface area contributed by atoms with Crippen LogP contribution in [0.2, 0.25) is 5.02 Å². The second kappa shape index (κ2) is 10.5. The van der Waals surface area contributed by atoms with Gasteiger partial charge in [-0.1, -0.05) is 17.7 Å². The predicted octanol–water partition coefficient (Wildman–Crippen LogP) is 2.49. The number of methoxy groups -OCH3 is 1. The van der Waals surface area contributed by atoms with E-state index in [9.17, 15) is 4.79 Å². The standard InChI is InChI=1S/C12H16BrClN2O2.ClH/c1-18-8-7-15-5-6-16-12(17)9-3-2-4-10(13)11(9)14;/h2-4,15H,5-8H2,1H3,(H,16,17);1H. The summed E-state index contributed by atoms with van der Waals surface area (Å²) >= 11 is 9.32. The predicted molar refractivity (Wildman–Crippen MR) is 83.5 cm³/mol. The summed E-state index contributed by atoms with van der Waals surface area (Å²) in [6, 6.07) is 5.27. The number of ether oxygens (including phenoxy) is 1. The SMILES string of the molecule is COCCNCCNC(=O)c1cccc(Br)c1Cl.Cl. The number of benzene rings is 1. The smallest absolute Gasteiger partial charge is 0.252 e. The van der Waals surface area contributed by atoms with Gasteiger partial charge in [-0.25, -0.2) is 0 Å². The lowest BCUT2D eigenvalue weighted by molar-refractivity contribution is 0.0954. The van der Waals surface area contributed by atoms with Crippen LogP contribution in [0.4, 0.5) is 0 Å². The Balaban J connectivity index is 0.00000324. The molecule has 0 fully saturated rings. The maximum atomic E-state index is 11.8. The third-order valence-electron chi connectivity index (χ3n) is 2.27. The monoisotopic (exact) mass is 370 g/mol. The third-order valence-corrected chi connectivity index (χ3v) is 3.56. The molecular weight excluding hydrogens is 355 g/mol. The topological polar surface area (TPSA) is 50.4 Å². The van der Waals surface area contributed by atoms with Crippen molar-refractivity contribution in [1.82, 2.24) is 10.6 Å². The minimum absolute atomic E-state index is 0. The lowest BCUT2D eigenvalue weighted by atomic mass is 10.2. The molecular formula is C12H17BrCl2N2O2. The summed E-state index contributed by atoms with van der Waals surface area (Å²) in [4.78, 5) is 11.8. The maximum absolute atomic E-state index is 11.8. The average molecular weight is 372 g/mol. The molecule has 0 unspecified atom stereocenters. The van der Waals surface area contributed by atoms with Gasteiger partial charge >= 0.3 is 0 Å². The largest absolute Gasteiger partial charge is 0.383 e. The molecule has 0 bridgehead atoms. The van der Waals surface area contributed by atoms with E-state index in [1.165, 1.54) is 0 Å². The first-order valence-corrected chi connectivity index (χ1v) is 6.75. The fourth-order valence-corrected chi connectivity index (χ4v) is 1.92. The van der Waals surface area contributed by atoms with Crippen molar-refractivity contribution in [3.05, 3.63) is 33.3 Å². The first kappa shape index (κ1) is 18.7. The summed E-state index contributed by atoms with van der Waals surface area (Å²) < 4.78 is 5.61. The second-order valence-corrected chi connectivity index (χ2v) is 4.83. The highest BCUT2D eigenvalue weighted by Crippen LogP contribution is 2.25. The summed E-state index contributed by atoms with van der Waals surface area (Å²) in [6.45, 7) is 2.67. The molecule has 0 heterocycles. The first-order valence-electron chi connectivity index (χ1n) is 5.58. The van der Waals surface area contributed by atoms with Crippen LogP contribution in [0, 0.1) is 0 Å². The molecule has 7 heteroatoms. The number of carbonyl (C=O) groups is 1.